The Labute approximate surface area is 148 Å². The standard InChI is InChI=1S/C19H16INO2/c20-13-8-9-17-16(10-13)14-2-1-3-15(14)18(21-17)11-4-6-12(7-5-11)19(22)23/h1-2,4-10,14-15,18,21H,3H2,(H,22,23)/t14-,15-,18-/m0/s1. The number of nitrogens with one attached hydrogen (secondary N) is 1. The summed E-state index contributed by atoms with van der Waals surface area (Å²) >= 11 is 2.36. The second-order valence-corrected chi connectivity index (χ2v) is 7.38. The average Bonchev–Trinajstić information content (AvgIpc) is 3.04. The van der Waals surface area contributed by atoms with Crippen LogP contribution in [0.15, 0.2) is 54.6 Å². The van der Waals surface area contributed by atoms with Gasteiger partial charge in [-0.3, -0.25) is 0 Å². The van der Waals surface area contributed by atoms with E-state index in [0.29, 0.717) is 17.4 Å². The molecule has 0 unspecified atom stereocenters. The van der Waals surface area contributed by atoms with Crippen molar-refractivity contribution in [1.29, 1.82) is 0 Å². The number of benzene rings is 2. The molecule has 0 saturated heterocycles. The van der Waals surface area contributed by atoms with Crippen LogP contribution in [0.4, 0.5) is 5.69 Å². The number of aromatic carboxylic acids is 1. The molecule has 0 amide bonds. The summed E-state index contributed by atoms with van der Waals surface area (Å²) in [4.78, 5) is 11.0. The van der Waals surface area contributed by atoms with E-state index >= 15 is 0 Å². The molecule has 4 heteroatoms. The van der Waals surface area contributed by atoms with Crippen molar-refractivity contribution in [3.63, 3.8) is 0 Å². The van der Waals surface area contributed by atoms with Crippen LogP contribution in [0.25, 0.3) is 0 Å². The van der Waals surface area contributed by atoms with E-state index in [1.54, 1.807) is 12.1 Å². The zero-order valence-electron chi connectivity index (χ0n) is 12.4. The van der Waals surface area contributed by atoms with Crippen molar-refractivity contribution < 1.29 is 9.90 Å². The van der Waals surface area contributed by atoms with Crippen molar-refractivity contribution in [2.45, 2.75) is 18.4 Å². The van der Waals surface area contributed by atoms with Gasteiger partial charge in [-0.2, -0.15) is 0 Å². The summed E-state index contributed by atoms with van der Waals surface area (Å²) in [5.74, 6) is 0.0370. The summed E-state index contributed by atoms with van der Waals surface area (Å²) in [7, 11) is 0. The van der Waals surface area contributed by atoms with Gasteiger partial charge in [0.15, 0.2) is 0 Å². The van der Waals surface area contributed by atoms with Crippen LogP contribution < -0.4 is 5.32 Å². The molecule has 0 aromatic heterocycles. The van der Waals surface area contributed by atoms with E-state index in [1.165, 1.54) is 14.8 Å². The lowest BCUT2D eigenvalue weighted by molar-refractivity contribution is 0.0697. The van der Waals surface area contributed by atoms with Crippen molar-refractivity contribution in [3.8, 4) is 0 Å². The van der Waals surface area contributed by atoms with Gasteiger partial charge in [0.25, 0.3) is 0 Å². The molecule has 3 atom stereocenters. The third-order valence-electron chi connectivity index (χ3n) is 4.84. The van der Waals surface area contributed by atoms with E-state index in [0.717, 1.165) is 12.0 Å². The van der Waals surface area contributed by atoms with E-state index in [2.05, 4.69) is 58.3 Å². The highest BCUT2D eigenvalue weighted by Gasteiger charge is 2.37. The monoisotopic (exact) mass is 417 g/mol. The number of hydrogen-bond acceptors (Lipinski definition) is 2. The summed E-state index contributed by atoms with van der Waals surface area (Å²) in [6.45, 7) is 0. The third kappa shape index (κ3) is 2.55. The fraction of sp³-hybridized carbons (Fsp3) is 0.211. The Hall–Kier alpha value is -1.82. The predicted molar refractivity (Wildman–Crippen MR) is 98.9 cm³/mol. The van der Waals surface area contributed by atoms with Crippen LogP contribution >= 0.6 is 22.6 Å². The van der Waals surface area contributed by atoms with Crippen molar-refractivity contribution in [3.05, 3.63) is 74.9 Å². The first-order valence-electron chi connectivity index (χ1n) is 7.69. The lowest BCUT2D eigenvalue weighted by Gasteiger charge is -2.37. The fourth-order valence-electron chi connectivity index (χ4n) is 3.73. The zero-order chi connectivity index (χ0) is 16.0. The van der Waals surface area contributed by atoms with Crippen molar-refractivity contribution >= 4 is 34.2 Å². The SMILES string of the molecule is O=C(O)c1ccc([C@@H]2Nc3ccc(I)cc3[C@H]3C=CC[C@@H]32)cc1. The number of carboxylic acid groups (broad SMARTS) is 1. The molecule has 0 bridgehead atoms. The molecule has 0 spiro atoms. The largest absolute Gasteiger partial charge is 0.478 e. The molecule has 2 aliphatic rings. The Morgan fingerprint density at radius 3 is 2.70 bits per heavy atom. The highest BCUT2D eigenvalue weighted by atomic mass is 127. The van der Waals surface area contributed by atoms with Crippen LogP contribution in [0.5, 0.6) is 0 Å². The Morgan fingerprint density at radius 1 is 1.17 bits per heavy atom. The molecule has 2 N–H and O–H groups in total. The number of carboxylic acids is 1. The molecule has 0 radical (unpaired) electrons. The zero-order valence-corrected chi connectivity index (χ0v) is 14.5. The van der Waals surface area contributed by atoms with Crippen LogP contribution in [0, 0.1) is 9.49 Å². The minimum Gasteiger partial charge on any atom is -0.478 e. The number of allylic oxidation sites excluding steroid dienone is 2. The number of rotatable bonds is 2. The lowest BCUT2D eigenvalue weighted by atomic mass is 9.77. The Balaban J connectivity index is 1.73. The molecule has 23 heavy (non-hydrogen) atoms. The molecule has 116 valence electrons. The lowest BCUT2D eigenvalue weighted by Crippen LogP contribution is -2.29. The average molecular weight is 417 g/mol. The molecule has 1 aliphatic heterocycles. The summed E-state index contributed by atoms with van der Waals surface area (Å²) in [5.41, 5.74) is 4.04. The number of fused-ring (bicyclic) bond motifs is 3. The van der Waals surface area contributed by atoms with Gasteiger partial charge in [0.2, 0.25) is 0 Å². The van der Waals surface area contributed by atoms with Crippen LogP contribution in [-0.4, -0.2) is 11.1 Å². The first-order valence-corrected chi connectivity index (χ1v) is 8.77. The Morgan fingerprint density at radius 2 is 1.96 bits per heavy atom. The Kier molecular flexibility index (Phi) is 3.64. The second kappa shape index (κ2) is 5.67. The van der Waals surface area contributed by atoms with Crippen LogP contribution in [0.2, 0.25) is 0 Å². The highest BCUT2D eigenvalue weighted by Crippen LogP contribution is 2.49. The summed E-state index contributed by atoms with van der Waals surface area (Å²) in [6, 6.07) is 14.0. The quantitative estimate of drug-likeness (QED) is 0.545. The van der Waals surface area contributed by atoms with Crippen LogP contribution in [-0.2, 0) is 0 Å². The van der Waals surface area contributed by atoms with Gasteiger partial charge in [-0.15, -0.1) is 0 Å². The minimum absolute atomic E-state index is 0.213. The molecule has 2 aromatic carbocycles. The number of carbonyl (C=O) groups is 1. The highest BCUT2D eigenvalue weighted by molar-refractivity contribution is 14.1. The molecular formula is C19H16INO2. The maximum atomic E-state index is 11.0. The molecule has 4 rings (SSSR count). The topological polar surface area (TPSA) is 49.3 Å². The van der Waals surface area contributed by atoms with Gasteiger partial charge in [-0.05, 0) is 76.4 Å². The maximum Gasteiger partial charge on any atom is 0.335 e. The summed E-state index contributed by atoms with van der Waals surface area (Å²) in [5, 5.41) is 12.7. The number of anilines is 1. The first kappa shape index (κ1) is 14.8. The maximum absolute atomic E-state index is 11.0. The molecular weight excluding hydrogens is 401 g/mol. The van der Waals surface area contributed by atoms with Gasteiger partial charge in [0.05, 0.1) is 11.6 Å². The fourth-order valence-corrected chi connectivity index (χ4v) is 4.24. The van der Waals surface area contributed by atoms with Crippen LogP contribution in [0.1, 0.15) is 39.9 Å². The van der Waals surface area contributed by atoms with Crippen LogP contribution in [0.3, 0.4) is 0 Å². The summed E-state index contributed by atoms with van der Waals surface area (Å²) < 4.78 is 1.26. The molecule has 0 saturated carbocycles. The smallest absolute Gasteiger partial charge is 0.335 e. The molecule has 2 aromatic rings. The molecule has 1 heterocycles. The van der Waals surface area contributed by atoms with Gasteiger partial charge < -0.3 is 10.4 Å². The van der Waals surface area contributed by atoms with E-state index in [-0.39, 0.29) is 6.04 Å². The normalized spacial score (nSPS) is 24.7. The van der Waals surface area contributed by atoms with Crippen molar-refractivity contribution in [2.24, 2.45) is 5.92 Å². The van der Waals surface area contributed by atoms with E-state index in [9.17, 15) is 4.79 Å². The Bertz CT molecular complexity index is 798. The van der Waals surface area contributed by atoms with Crippen molar-refractivity contribution in [2.75, 3.05) is 5.32 Å². The molecule has 0 fully saturated rings. The van der Waals surface area contributed by atoms with E-state index in [1.807, 2.05) is 12.1 Å². The van der Waals surface area contributed by atoms with E-state index < -0.39 is 5.97 Å². The molecule has 3 nitrogen and oxygen atoms in total. The van der Waals surface area contributed by atoms with Gasteiger partial charge in [0.1, 0.15) is 0 Å². The number of halogens is 1. The molecule has 1 aliphatic carbocycles. The van der Waals surface area contributed by atoms with Gasteiger partial charge in [-0.25, -0.2) is 4.79 Å². The van der Waals surface area contributed by atoms with Gasteiger partial charge >= 0.3 is 5.97 Å². The second-order valence-electron chi connectivity index (χ2n) is 6.13. The number of hydrogen-bond donors (Lipinski definition) is 2. The predicted octanol–water partition coefficient (Wildman–Crippen LogP) is 4.82. The first-order chi connectivity index (χ1) is 11.1. The van der Waals surface area contributed by atoms with Gasteiger partial charge in [0, 0.05) is 15.2 Å². The summed E-state index contributed by atoms with van der Waals surface area (Å²) in [6.07, 6.45) is 5.64. The van der Waals surface area contributed by atoms with Gasteiger partial charge in [-0.1, -0.05) is 24.3 Å². The third-order valence-corrected chi connectivity index (χ3v) is 5.51. The van der Waals surface area contributed by atoms with E-state index in [4.69, 9.17) is 5.11 Å². The minimum atomic E-state index is -0.881. The van der Waals surface area contributed by atoms with Crippen molar-refractivity contribution in [1.82, 2.24) is 0 Å².